The molecular weight excluding hydrogens is 290 g/mol. The van der Waals surface area contributed by atoms with E-state index in [1.165, 1.54) is 0 Å². The maximum atomic E-state index is 12.7. The summed E-state index contributed by atoms with van der Waals surface area (Å²) in [5.41, 5.74) is 2.00. The highest BCUT2D eigenvalue weighted by Gasteiger charge is 2.16. The molecule has 5 heteroatoms. The number of hydrogen-bond donors (Lipinski definition) is 2. The molecule has 0 aliphatic rings. The normalized spacial score (nSPS) is 10.2. The van der Waals surface area contributed by atoms with Crippen molar-refractivity contribution in [2.24, 2.45) is 0 Å². The van der Waals surface area contributed by atoms with Crippen LogP contribution in [0.4, 0.5) is 11.4 Å². The zero-order chi connectivity index (χ0) is 16.7. The lowest BCUT2D eigenvalue weighted by atomic mass is 10.1. The molecule has 0 radical (unpaired) electrons. The first kappa shape index (κ1) is 16.7. The fraction of sp³-hybridized carbons (Fsp3) is 0.222. The average molecular weight is 311 g/mol. The Hall–Kier alpha value is -2.66. The van der Waals surface area contributed by atoms with E-state index in [0.717, 1.165) is 5.69 Å². The second kappa shape index (κ2) is 8.10. The molecule has 0 heterocycles. The molecule has 0 aliphatic carbocycles. The van der Waals surface area contributed by atoms with Crippen molar-refractivity contribution < 1.29 is 9.59 Å². The lowest BCUT2D eigenvalue weighted by Crippen LogP contribution is -2.30. The van der Waals surface area contributed by atoms with Crippen molar-refractivity contribution in [3.63, 3.8) is 0 Å². The molecule has 2 aromatic carbocycles. The molecule has 5 nitrogen and oxygen atoms in total. The van der Waals surface area contributed by atoms with E-state index in [9.17, 15) is 9.59 Å². The Morgan fingerprint density at radius 2 is 1.78 bits per heavy atom. The first-order chi connectivity index (χ1) is 11.2. The Kier molecular flexibility index (Phi) is 5.88. The summed E-state index contributed by atoms with van der Waals surface area (Å²) in [5.74, 6) is -0.240. The van der Waals surface area contributed by atoms with E-state index >= 15 is 0 Å². The van der Waals surface area contributed by atoms with Gasteiger partial charge in [0, 0.05) is 23.5 Å². The first-order valence-electron chi connectivity index (χ1n) is 7.57. The predicted molar refractivity (Wildman–Crippen MR) is 92.8 cm³/mol. The minimum atomic E-state index is -0.146. The number of carbonyl (C=O) groups excluding carboxylic acids is 2. The van der Waals surface area contributed by atoms with Gasteiger partial charge in [-0.25, -0.2) is 0 Å². The number of hydrogen-bond acceptors (Lipinski definition) is 3. The molecule has 0 saturated carbocycles. The topological polar surface area (TPSA) is 61.4 Å². The number of nitrogens with one attached hydrogen (secondary N) is 2. The van der Waals surface area contributed by atoms with Crippen molar-refractivity contribution in [1.29, 1.82) is 0 Å². The van der Waals surface area contributed by atoms with Crippen LogP contribution < -0.4 is 15.5 Å². The highest BCUT2D eigenvalue weighted by Crippen LogP contribution is 2.18. The Morgan fingerprint density at radius 3 is 2.43 bits per heavy atom. The summed E-state index contributed by atoms with van der Waals surface area (Å²) in [6.07, 6.45) is 0. The van der Waals surface area contributed by atoms with E-state index in [-0.39, 0.29) is 18.4 Å². The summed E-state index contributed by atoms with van der Waals surface area (Å²) < 4.78 is 0. The number of carbonyl (C=O) groups is 2. The Labute approximate surface area is 136 Å². The highest BCUT2D eigenvalue weighted by molar-refractivity contribution is 6.07. The zero-order valence-electron chi connectivity index (χ0n) is 13.4. The minimum absolute atomic E-state index is 0.0941. The van der Waals surface area contributed by atoms with Crippen molar-refractivity contribution in [2.75, 3.05) is 30.4 Å². The van der Waals surface area contributed by atoms with Crippen molar-refractivity contribution in [3.05, 3.63) is 60.2 Å². The van der Waals surface area contributed by atoms with Gasteiger partial charge in [-0.05, 0) is 44.3 Å². The molecule has 2 N–H and O–H groups in total. The monoisotopic (exact) mass is 311 g/mol. The van der Waals surface area contributed by atoms with Crippen molar-refractivity contribution in [1.82, 2.24) is 5.32 Å². The summed E-state index contributed by atoms with van der Waals surface area (Å²) >= 11 is 0. The van der Waals surface area contributed by atoms with E-state index in [0.29, 0.717) is 17.8 Å². The molecule has 120 valence electrons. The smallest absolute Gasteiger partial charge is 0.258 e. The van der Waals surface area contributed by atoms with E-state index < -0.39 is 0 Å². The Morgan fingerprint density at radius 1 is 1.04 bits per heavy atom. The van der Waals surface area contributed by atoms with Crippen LogP contribution in [0.25, 0.3) is 0 Å². The number of likely N-dealkylation sites (N-methyl/N-ethyl adjacent to an activating group) is 1. The van der Waals surface area contributed by atoms with Crippen molar-refractivity contribution >= 4 is 23.2 Å². The van der Waals surface area contributed by atoms with E-state index in [1.54, 1.807) is 36.2 Å². The van der Waals surface area contributed by atoms with Gasteiger partial charge in [0.05, 0.1) is 6.54 Å². The first-order valence-corrected chi connectivity index (χ1v) is 7.57. The number of benzene rings is 2. The third kappa shape index (κ3) is 4.40. The van der Waals surface area contributed by atoms with E-state index in [2.05, 4.69) is 10.6 Å². The lowest BCUT2D eigenvalue weighted by molar-refractivity contribution is -0.115. The fourth-order valence-electron chi connectivity index (χ4n) is 2.30. The third-order valence-electron chi connectivity index (χ3n) is 3.36. The van der Waals surface area contributed by atoms with E-state index in [1.807, 2.05) is 37.3 Å². The molecule has 0 atom stereocenters. The van der Waals surface area contributed by atoms with Crippen LogP contribution in [0.5, 0.6) is 0 Å². The molecule has 2 amide bonds. The van der Waals surface area contributed by atoms with Crippen LogP contribution in [0.15, 0.2) is 54.6 Å². The molecule has 23 heavy (non-hydrogen) atoms. The van der Waals surface area contributed by atoms with Crippen LogP contribution in [0.1, 0.15) is 17.3 Å². The Bertz CT molecular complexity index is 671. The van der Waals surface area contributed by atoms with Crippen LogP contribution in [0.3, 0.4) is 0 Å². The molecular formula is C18H21N3O2. The van der Waals surface area contributed by atoms with Crippen LogP contribution in [-0.4, -0.2) is 32.0 Å². The summed E-state index contributed by atoms with van der Waals surface area (Å²) in [7, 11) is 1.71. The van der Waals surface area contributed by atoms with Crippen molar-refractivity contribution in [3.8, 4) is 0 Å². The zero-order valence-corrected chi connectivity index (χ0v) is 13.4. The summed E-state index contributed by atoms with van der Waals surface area (Å²) in [6.45, 7) is 2.73. The summed E-state index contributed by atoms with van der Waals surface area (Å²) in [4.78, 5) is 26.1. The molecule has 0 fully saturated rings. The second-order valence-electron chi connectivity index (χ2n) is 5.04. The van der Waals surface area contributed by atoms with Crippen LogP contribution >= 0.6 is 0 Å². The van der Waals surface area contributed by atoms with Crippen LogP contribution in [0, 0.1) is 0 Å². The van der Waals surface area contributed by atoms with Gasteiger partial charge in [0.1, 0.15) is 0 Å². The van der Waals surface area contributed by atoms with Crippen molar-refractivity contribution in [2.45, 2.75) is 6.92 Å². The van der Waals surface area contributed by atoms with Gasteiger partial charge in [0.15, 0.2) is 0 Å². The SMILES string of the molecule is CCN(C(=O)c1cccc(NC(=O)CNC)c1)c1ccccc1. The number of rotatable bonds is 6. The molecule has 2 aromatic rings. The van der Waals surface area contributed by atoms with Gasteiger partial charge in [-0.1, -0.05) is 24.3 Å². The number of para-hydroxylation sites is 1. The molecule has 0 aromatic heterocycles. The largest absolute Gasteiger partial charge is 0.325 e. The third-order valence-corrected chi connectivity index (χ3v) is 3.36. The number of anilines is 2. The van der Waals surface area contributed by atoms with Gasteiger partial charge in [-0.3, -0.25) is 9.59 Å². The number of amides is 2. The second-order valence-corrected chi connectivity index (χ2v) is 5.04. The lowest BCUT2D eigenvalue weighted by Gasteiger charge is -2.21. The maximum Gasteiger partial charge on any atom is 0.258 e. The molecule has 0 saturated heterocycles. The van der Waals surface area contributed by atoms with Gasteiger partial charge >= 0.3 is 0 Å². The molecule has 0 aliphatic heterocycles. The predicted octanol–water partition coefficient (Wildman–Crippen LogP) is 2.51. The van der Waals surface area contributed by atoms with E-state index in [4.69, 9.17) is 0 Å². The molecule has 0 unspecified atom stereocenters. The van der Waals surface area contributed by atoms with Gasteiger partial charge in [0.2, 0.25) is 5.91 Å². The van der Waals surface area contributed by atoms with Crippen LogP contribution in [0.2, 0.25) is 0 Å². The number of nitrogens with zero attached hydrogens (tertiary/aromatic N) is 1. The summed E-state index contributed by atoms with van der Waals surface area (Å²) in [5, 5.41) is 5.55. The quantitative estimate of drug-likeness (QED) is 0.861. The molecule has 0 bridgehead atoms. The summed E-state index contributed by atoms with van der Waals surface area (Å²) in [6, 6.07) is 16.5. The minimum Gasteiger partial charge on any atom is -0.325 e. The van der Waals surface area contributed by atoms with Gasteiger partial charge < -0.3 is 15.5 Å². The van der Waals surface area contributed by atoms with Gasteiger partial charge in [-0.15, -0.1) is 0 Å². The molecule has 2 rings (SSSR count). The fourth-order valence-corrected chi connectivity index (χ4v) is 2.30. The highest BCUT2D eigenvalue weighted by atomic mass is 16.2. The average Bonchev–Trinajstić information content (AvgIpc) is 2.57. The van der Waals surface area contributed by atoms with Gasteiger partial charge in [-0.2, -0.15) is 0 Å². The Balaban J connectivity index is 2.20. The van der Waals surface area contributed by atoms with Crippen LogP contribution in [-0.2, 0) is 4.79 Å². The standard InChI is InChI=1S/C18H21N3O2/c1-3-21(16-10-5-4-6-11-16)18(23)14-8-7-9-15(12-14)20-17(22)13-19-2/h4-12,19H,3,13H2,1-2H3,(H,20,22). The van der Waals surface area contributed by atoms with Gasteiger partial charge in [0.25, 0.3) is 5.91 Å². The molecule has 0 spiro atoms. The maximum absolute atomic E-state index is 12.7.